The molecule has 464 valence electrons. The number of carbonyl (C=O) groups is 2. The van der Waals surface area contributed by atoms with E-state index in [9.17, 15) is 35.1 Å². The van der Waals surface area contributed by atoms with Crippen molar-refractivity contribution < 1.29 is 49.3 Å². The predicted molar refractivity (Wildman–Crippen MR) is 342 cm³/mol. The highest BCUT2D eigenvalue weighted by Crippen LogP contribution is 2.26. The maximum atomic E-state index is 13.4. The highest BCUT2D eigenvalue weighted by molar-refractivity contribution is 5.80. The van der Waals surface area contributed by atoms with Crippen LogP contribution in [0.1, 0.15) is 226 Å². The van der Waals surface area contributed by atoms with Crippen LogP contribution in [0.5, 0.6) is 0 Å². The third-order valence-electron chi connectivity index (χ3n) is 14.0. The molecule has 1 aliphatic heterocycles. The van der Waals surface area contributed by atoms with Crippen molar-refractivity contribution in [3.8, 4) is 0 Å². The zero-order valence-electron chi connectivity index (χ0n) is 51.3. The molecule has 0 aromatic heterocycles. The van der Waals surface area contributed by atoms with Crippen molar-refractivity contribution in [1.29, 1.82) is 0 Å². The van der Waals surface area contributed by atoms with Crippen molar-refractivity contribution in [2.45, 2.75) is 275 Å². The average Bonchev–Trinajstić information content (AvgIpc) is 3.44. The molecule has 0 radical (unpaired) electrons. The minimum atomic E-state index is -1.64. The first kappa shape index (κ1) is 75.6. The molecular weight excluding hydrogens is 1030 g/mol. The van der Waals surface area contributed by atoms with E-state index in [2.05, 4.69) is 160 Å². The molecule has 1 amide bonds. The molecule has 1 fully saturated rings. The van der Waals surface area contributed by atoms with Gasteiger partial charge in [-0.15, -0.1) is 0 Å². The number of esters is 1. The number of carbonyl (C=O) groups excluding carboxylic acids is 2. The normalized spacial score (nSPS) is 19.6. The van der Waals surface area contributed by atoms with E-state index in [1.54, 1.807) is 6.08 Å². The van der Waals surface area contributed by atoms with Gasteiger partial charge in [0.25, 0.3) is 0 Å². The summed E-state index contributed by atoms with van der Waals surface area (Å²) in [5.41, 5.74) is 0. The van der Waals surface area contributed by atoms with Gasteiger partial charge in [-0.2, -0.15) is 0 Å². The Kier molecular flexibility index (Phi) is 52.5. The van der Waals surface area contributed by atoms with Crippen LogP contribution in [0.4, 0.5) is 0 Å². The third-order valence-corrected chi connectivity index (χ3v) is 14.0. The van der Waals surface area contributed by atoms with Gasteiger partial charge in [0.1, 0.15) is 24.4 Å². The number of nitrogens with one attached hydrogen (secondary N) is 1. The first-order valence-corrected chi connectivity index (χ1v) is 32.1. The molecule has 8 unspecified atom stereocenters. The molecule has 0 aromatic rings. The lowest BCUT2D eigenvalue weighted by Crippen LogP contribution is -2.61. The Labute approximate surface area is 498 Å². The summed E-state index contributed by atoms with van der Waals surface area (Å²) in [5, 5.41) is 57.0. The van der Waals surface area contributed by atoms with Crippen molar-refractivity contribution in [2.75, 3.05) is 13.2 Å². The summed E-state index contributed by atoms with van der Waals surface area (Å²) in [6.45, 7) is 5.51. The van der Waals surface area contributed by atoms with E-state index in [4.69, 9.17) is 14.2 Å². The molecule has 6 N–H and O–H groups in total. The number of unbranched alkanes of at least 4 members (excludes halogenated alkanes) is 16. The van der Waals surface area contributed by atoms with Gasteiger partial charge in [-0.3, -0.25) is 9.59 Å². The summed E-state index contributed by atoms with van der Waals surface area (Å²) < 4.78 is 17.6. The van der Waals surface area contributed by atoms with E-state index >= 15 is 0 Å². The molecule has 0 spiro atoms. The summed E-state index contributed by atoms with van der Waals surface area (Å²) >= 11 is 0. The van der Waals surface area contributed by atoms with Crippen LogP contribution < -0.4 is 5.32 Å². The van der Waals surface area contributed by atoms with E-state index in [1.807, 2.05) is 6.08 Å². The van der Waals surface area contributed by atoms with Gasteiger partial charge in [-0.25, -0.2) is 0 Å². The third kappa shape index (κ3) is 44.1. The summed E-state index contributed by atoms with van der Waals surface area (Å²) in [4.78, 5) is 26.6. The SMILES string of the molecule is CC/C=C\C/C=C\C/C=C\C/C=C\C/C=C\C/C=C\CCCCCCC(=O)OC1C(OCC(NC(=O)C(O)CCCC/C=C\C/C=C\C/C=C\C/C=C\C/C=C\CC)C(O)/C=C/CCCCCCCCCCCC)OC(CO)C(O)C1O. The Hall–Kier alpha value is -4.46. The molecule has 1 rings (SSSR count). The standard InChI is InChI=1S/C71H115NO10/c1-4-7-10-13-16-19-22-25-27-29-31-32-33-34-35-37-39-41-44-47-50-53-56-59-66(76)82-69-68(78)67(77)65(60-73)81-71(69)80-61-62(63(74)57-54-51-48-45-42-24-21-18-15-12-9-6-3)72-70(79)64(75)58-55-52-49-46-43-40-38-36-30-28-26-23-20-17-14-11-8-5-2/h7-8,10-11,16-17,19-20,25-28,31-32,34-36,38-39,41,43,46,54,57,62-65,67-69,71,73-75,77-78H,4-6,9,12-15,18,21-24,29-30,33,37,40,42,44-45,47-53,55-56,58-61H2,1-3H3,(H,72,79)/b10-7-,11-8-,19-16-,20-17-,27-25-,28-26-,32-31-,35-34-,38-36-,41-39-,46-43-,57-54+. The number of ether oxygens (including phenoxy) is 3. The van der Waals surface area contributed by atoms with Crippen molar-refractivity contribution in [2.24, 2.45) is 0 Å². The van der Waals surface area contributed by atoms with Crippen LogP contribution >= 0.6 is 0 Å². The van der Waals surface area contributed by atoms with Gasteiger partial charge in [-0.1, -0.05) is 244 Å². The number of aliphatic hydroxyl groups excluding tert-OH is 5. The zero-order valence-corrected chi connectivity index (χ0v) is 51.3. The van der Waals surface area contributed by atoms with E-state index in [0.29, 0.717) is 12.8 Å². The number of aliphatic hydroxyl groups is 5. The first-order chi connectivity index (χ1) is 40.2. The van der Waals surface area contributed by atoms with Crippen LogP contribution in [-0.4, -0.2) is 99.6 Å². The highest BCUT2D eigenvalue weighted by Gasteiger charge is 2.47. The maximum Gasteiger partial charge on any atom is 0.306 e. The fourth-order valence-corrected chi connectivity index (χ4v) is 8.97. The van der Waals surface area contributed by atoms with Crippen LogP contribution in [0, 0.1) is 0 Å². The minimum Gasteiger partial charge on any atom is -0.454 e. The summed E-state index contributed by atoms with van der Waals surface area (Å²) in [6.07, 6.45) is 71.6. The van der Waals surface area contributed by atoms with Gasteiger partial charge < -0.3 is 45.1 Å². The monoisotopic (exact) mass is 1140 g/mol. The fraction of sp³-hybridized carbons (Fsp3) is 0.634. The zero-order chi connectivity index (χ0) is 59.6. The number of hydrogen-bond acceptors (Lipinski definition) is 10. The second-order valence-electron chi connectivity index (χ2n) is 21.4. The summed E-state index contributed by atoms with van der Waals surface area (Å²) in [5.74, 6) is -1.27. The van der Waals surface area contributed by atoms with Crippen molar-refractivity contribution >= 4 is 11.9 Å². The minimum absolute atomic E-state index is 0.0802. The molecule has 1 saturated heterocycles. The van der Waals surface area contributed by atoms with Crippen LogP contribution in [-0.2, 0) is 23.8 Å². The first-order valence-electron chi connectivity index (χ1n) is 32.1. The van der Waals surface area contributed by atoms with Gasteiger partial charge in [0.2, 0.25) is 5.91 Å². The molecule has 82 heavy (non-hydrogen) atoms. The Morgan fingerprint density at radius 3 is 1.32 bits per heavy atom. The lowest BCUT2D eigenvalue weighted by Gasteiger charge is -2.41. The van der Waals surface area contributed by atoms with Crippen LogP contribution in [0.2, 0.25) is 0 Å². The lowest BCUT2D eigenvalue weighted by atomic mass is 9.99. The Balaban J connectivity index is 2.70. The Morgan fingerprint density at radius 1 is 0.488 bits per heavy atom. The molecule has 0 aliphatic carbocycles. The lowest BCUT2D eigenvalue weighted by molar-refractivity contribution is -0.305. The van der Waals surface area contributed by atoms with Gasteiger partial charge in [0.05, 0.1) is 25.4 Å². The van der Waals surface area contributed by atoms with Crippen LogP contribution in [0.3, 0.4) is 0 Å². The number of allylic oxidation sites excluding steroid dienone is 23. The van der Waals surface area contributed by atoms with Crippen molar-refractivity contribution in [1.82, 2.24) is 5.32 Å². The fourth-order valence-electron chi connectivity index (χ4n) is 8.97. The van der Waals surface area contributed by atoms with Gasteiger partial charge >= 0.3 is 5.97 Å². The largest absolute Gasteiger partial charge is 0.454 e. The van der Waals surface area contributed by atoms with E-state index in [-0.39, 0.29) is 19.4 Å². The molecule has 11 heteroatoms. The molecule has 1 heterocycles. The van der Waals surface area contributed by atoms with Crippen molar-refractivity contribution in [3.05, 3.63) is 146 Å². The highest BCUT2D eigenvalue weighted by atomic mass is 16.7. The molecule has 8 atom stereocenters. The maximum absolute atomic E-state index is 13.4. The van der Waals surface area contributed by atoms with E-state index in [1.165, 1.54) is 44.9 Å². The number of rotatable bonds is 52. The second kappa shape index (κ2) is 57.0. The quantitative estimate of drug-likeness (QED) is 0.0195. The van der Waals surface area contributed by atoms with Gasteiger partial charge in [0.15, 0.2) is 12.4 Å². The van der Waals surface area contributed by atoms with Crippen LogP contribution in [0.25, 0.3) is 0 Å². The summed E-state index contributed by atoms with van der Waals surface area (Å²) in [6, 6.07) is -1.06. The average molecular weight is 1140 g/mol. The van der Waals surface area contributed by atoms with Gasteiger partial charge in [0, 0.05) is 6.42 Å². The van der Waals surface area contributed by atoms with Crippen molar-refractivity contribution in [3.63, 3.8) is 0 Å². The van der Waals surface area contributed by atoms with E-state index < -0.39 is 67.4 Å². The topological polar surface area (TPSA) is 175 Å². The van der Waals surface area contributed by atoms with Gasteiger partial charge in [-0.05, 0) is 122 Å². The molecular formula is C71H115NO10. The Bertz CT molecular complexity index is 1890. The van der Waals surface area contributed by atoms with Crippen LogP contribution in [0.15, 0.2) is 146 Å². The molecule has 11 nitrogen and oxygen atoms in total. The predicted octanol–water partition coefficient (Wildman–Crippen LogP) is 15.8. The Morgan fingerprint density at radius 2 is 0.878 bits per heavy atom. The molecule has 1 aliphatic rings. The smallest absolute Gasteiger partial charge is 0.306 e. The summed E-state index contributed by atoms with van der Waals surface area (Å²) in [7, 11) is 0. The second-order valence-corrected chi connectivity index (χ2v) is 21.4. The molecule has 0 aromatic carbocycles. The number of amides is 1. The molecule has 0 saturated carbocycles. The number of hydrogen-bond donors (Lipinski definition) is 6. The van der Waals surface area contributed by atoms with E-state index in [0.717, 1.165) is 135 Å². The molecule has 0 bridgehead atoms.